The molecule has 5 rings (SSSR count). The van der Waals surface area contributed by atoms with Gasteiger partial charge in [0.1, 0.15) is 23.6 Å². The molecule has 0 spiro atoms. The number of halogens is 3. The van der Waals surface area contributed by atoms with Crippen molar-refractivity contribution in [3.05, 3.63) is 59.7 Å². The van der Waals surface area contributed by atoms with E-state index in [2.05, 4.69) is 15.3 Å². The molecule has 0 saturated heterocycles. The van der Waals surface area contributed by atoms with E-state index in [0.717, 1.165) is 5.56 Å². The standard InChI is InChI=1S/C22H17F3N4O3/c1-11-14-8-7-13(9-16(14)30-10-15(11)26)20-27-21(32-29-20)19-17(22(23,24)25)18(28-31-19)12-5-3-2-4-6-12/h2-9,11,15H,10,26H2,1H3/t11-,15+/m0/s1. The Labute approximate surface area is 180 Å². The molecule has 0 amide bonds. The van der Waals surface area contributed by atoms with Crippen LogP contribution >= 0.6 is 0 Å². The molecular weight excluding hydrogens is 425 g/mol. The zero-order valence-electron chi connectivity index (χ0n) is 16.8. The first-order valence-corrected chi connectivity index (χ1v) is 9.82. The van der Waals surface area contributed by atoms with Crippen LogP contribution in [0.2, 0.25) is 0 Å². The van der Waals surface area contributed by atoms with Crippen LogP contribution < -0.4 is 10.5 Å². The lowest BCUT2D eigenvalue weighted by Crippen LogP contribution is -2.36. The molecule has 164 valence electrons. The summed E-state index contributed by atoms with van der Waals surface area (Å²) in [5.74, 6) is -0.224. The van der Waals surface area contributed by atoms with Gasteiger partial charge >= 0.3 is 6.18 Å². The van der Waals surface area contributed by atoms with Crippen molar-refractivity contribution in [1.29, 1.82) is 0 Å². The minimum Gasteiger partial charge on any atom is -0.492 e. The third kappa shape index (κ3) is 3.42. The lowest BCUT2D eigenvalue weighted by molar-refractivity contribution is -0.136. The van der Waals surface area contributed by atoms with Gasteiger partial charge in [0, 0.05) is 23.1 Å². The second-order valence-electron chi connectivity index (χ2n) is 7.54. The Balaban J connectivity index is 1.54. The first kappa shape index (κ1) is 20.3. The van der Waals surface area contributed by atoms with Gasteiger partial charge in [-0.05, 0) is 11.6 Å². The van der Waals surface area contributed by atoms with Gasteiger partial charge in [0.05, 0.1) is 0 Å². The number of hydrogen-bond donors (Lipinski definition) is 1. The van der Waals surface area contributed by atoms with E-state index < -0.39 is 23.4 Å². The van der Waals surface area contributed by atoms with Crippen LogP contribution in [-0.4, -0.2) is 27.9 Å². The highest BCUT2D eigenvalue weighted by atomic mass is 19.4. The molecule has 0 saturated carbocycles. The van der Waals surface area contributed by atoms with Gasteiger partial charge in [-0.2, -0.15) is 18.2 Å². The summed E-state index contributed by atoms with van der Waals surface area (Å²) >= 11 is 0. The molecule has 0 aliphatic carbocycles. The number of fused-ring (bicyclic) bond motifs is 1. The van der Waals surface area contributed by atoms with Crippen molar-refractivity contribution < 1.29 is 27.0 Å². The number of ether oxygens (including phenoxy) is 1. The van der Waals surface area contributed by atoms with Crippen LogP contribution in [0.5, 0.6) is 5.75 Å². The number of nitrogens with two attached hydrogens (primary N) is 1. The highest BCUT2D eigenvalue weighted by molar-refractivity contribution is 5.71. The van der Waals surface area contributed by atoms with Crippen LogP contribution in [0.1, 0.15) is 24.0 Å². The number of nitrogens with zero attached hydrogens (tertiary/aromatic N) is 3. The Hall–Kier alpha value is -3.66. The van der Waals surface area contributed by atoms with Crippen LogP contribution in [0, 0.1) is 0 Å². The van der Waals surface area contributed by atoms with Gasteiger partial charge in [-0.15, -0.1) is 0 Å². The van der Waals surface area contributed by atoms with Crippen molar-refractivity contribution in [2.45, 2.75) is 25.1 Å². The molecule has 0 bridgehead atoms. The van der Waals surface area contributed by atoms with Crippen LogP contribution in [0.25, 0.3) is 34.3 Å². The zero-order valence-corrected chi connectivity index (χ0v) is 16.8. The molecule has 2 N–H and O–H groups in total. The molecule has 0 fully saturated rings. The molecule has 10 heteroatoms. The normalized spacial score (nSPS) is 18.3. The third-order valence-electron chi connectivity index (χ3n) is 5.48. The molecule has 0 radical (unpaired) electrons. The molecule has 32 heavy (non-hydrogen) atoms. The summed E-state index contributed by atoms with van der Waals surface area (Å²) in [7, 11) is 0. The molecule has 4 aromatic rings. The fourth-order valence-corrected chi connectivity index (χ4v) is 3.66. The molecule has 1 aliphatic heterocycles. The van der Waals surface area contributed by atoms with Crippen LogP contribution in [0.4, 0.5) is 13.2 Å². The van der Waals surface area contributed by atoms with E-state index in [1.807, 2.05) is 13.0 Å². The number of alkyl halides is 3. The summed E-state index contributed by atoms with van der Waals surface area (Å²) in [5.41, 5.74) is 6.34. The van der Waals surface area contributed by atoms with Gasteiger partial charge in [-0.3, -0.25) is 0 Å². The summed E-state index contributed by atoms with van der Waals surface area (Å²) in [6.45, 7) is 2.37. The molecule has 0 unspecified atom stereocenters. The smallest absolute Gasteiger partial charge is 0.422 e. The summed E-state index contributed by atoms with van der Waals surface area (Å²) in [6.07, 6.45) is -4.75. The van der Waals surface area contributed by atoms with Gasteiger partial charge in [-0.25, -0.2) is 0 Å². The van der Waals surface area contributed by atoms with Crippen molar-refractivity contribution in [3.8, 4) is 40.0 Å². The van der Waals surface area contributed by atoms with E-state index in [1.54, 1.807) is 30.3 Å². The quantitative estimate of drug-likeness (QED) is 0.482. The zero-order chi connectivity index (χ0) is 22.5. The van der Waals surface area contributed by atoms with E-state index in [0.29, 0.717) is 17.9 Å². The van der Waals surface area contributed by atoms with E-state index in [1.165, 1.54) is 12.1 Å². The van der Waals surface area contributed by atoms with Gasteiger partial charge in [0.15, 0.2) is 0 Å². The minimum atomic E-state index is -4.75. The van der Waals surface area contributed by atoms with Gasteiger partial charge in [0.25, 0.3) is 5.89 Å². The fourth-order valence-electron chi connectivity index (χ4n) is 3.66. The average Bonchev–Trinajstić information content (AvgIpc) is 3.44. The third-order valence-corrected chi connectivity index (χ3v) is 5.48. The maximum absolute atomic E-state index is 13.9. The highest BCUT2D eigenvalue weighted by Crippen LogP contribution is 2.43. The van der Waals surface area contributed by atoms with Crippen molar-refractivity contribution >= 4 is 0 Å². The second-order valence-corrected chi connectivity index (χ2v) is 7.54. The van der Waals surface area contributed by atoms with Crippen molar-refractivity contribution in [1.82, 2.24) is 15.3 Å². The molecule has 2 atom stereocenters. The van der Waals surface area contributed by atoms with Crippen molar-refractivity contribution in [3.63, 3.8) is 0 Å². The van der Waals surface area contributed by atoms with Gasteiger partial charge in [0.2, 0.25) is 11.6 Å². The van der Waals surface area contributed by atoms with E-state index in [4.69, 9.17) is 19.5 Å². The Morgan fingerprint density at radius 1 is 1.00 bits per heavy atom. The van der Waals surface area contributed by atoms with Crippen LogP contribution in [0.3, 0.4) is 0 Å². The monoisotopic (exact) mass is 442 g/mol. The molecule has 7 nitrogen and oxygen atoms in total. The van der Waals surface area contributed by atoms with Gasteiger partial charge < -0.3 is 19.5 Å². The predicted molar refractivity (Wildman–Crippen MR) is 108 cm³/mol. The minimum absolute atomic E-state index is 0.0970. The first-order chi connectivity index (χ1) is 15.3. The summed E-state index contributed by atoms with van der Waals surface area (Å²) in [4.78, 5) is 4.12. The maximum Gasteiger partial charge on any atom is 0.422 e. The largest absolute Gasteiger partial charge is 0.492 e. The molecule has 1 aliphatic rings. The second kappa shape index (κ2) is 7.49. The molecule has 2 aromatic heterocycles. The number of benzene rings is 2. The maximum atomic E-state index is 13.9. The molecule has 2 aromatic carbocycles. The highest BCUT2D eigenvalue weighted by Gasteiger charge is 2.43. The number of hydrogen-bond acceptors (Lipinski definition) is 7. The average molecular weight is 442 g/mol. The Morgan fingerprint density at radius 2 is 1.78 bits per heavy atom. The van der Waals surface area contributed by atoms with E-state index in [-0.39, 0.29) is 29.0 Å². The predicted octanol–water partition coefficient (Wildman–Crippen LogP) is 4.90. The summed E-state index contributed by atoms with van der Waals surface area (Å²) in [6, 6.07) is 13.1. The molecular formula is C22H17F3N4O3. The van der Waals surface area contributed by atoms with Crippen LogP contribution in [-0.2, 0) is 6.18 Å². The topological polar surface area (TPSA) is 100 Å². The van der Waals surface area contributed by atoms with E-state index >= 15 is 0 Å². The SMILES string of the molecule is C[C@H]1c2ccc(-c3noc(-c4onc(-c5ccccc5)c4C(F)(F)F)n3)cc2OC[C@H]1N. The summed E-state index contributed by atoms with van der Waals surface area (Å²) in [5, 5.41) is 7.46. The van der Waals surface area contributed by atoms with Gasteiger partial charge in [-0.1, -0.05) is 59.7 Å². The van der Waals surface area contributed by atoms with Crippen molar-refractivity contribution in [2.75, 3.05) is 6.61 Å². The van der Waals surface area contributed by atoms with Crippen molar-refractivity contribution in [2.24, 2.45) is 5.73 Å². The summed E-state index contributed by atoms with van der Waals surface area (Å²) < 4.78 is 57.5. The fraction of sp³-hybridized carbons (Fsp3) is 0.227. The lowest BCUT2D eigenvalue weighted by atomic mass is 9.90. The molecule has 3 heterocycles. The Bertz CT molecular complexity index is 1270. The van der Waals surface area contributed by atoms with E-state index in [9.17, 15) is 13.2 Å². The lowest BCUT2D eigenvalue weighted by Gasteiger charge is -2.28. The first-order valence-electron chi connectivity index (χ1n) is 9.82. The Kier molecular flexibility index (Phi) is 4.74. The number of aromatic nitrogens is 3. The number of rotatable bonds is 3. The van der Waals surface area contributed by atoms with Crippen LogP contribution in [0.15, 0.2) is 57.6 Å². The Morgan fingerprint density at radius 3 is 2.53 bits per heavy atom.